The van der Waals surface area contributed by atoms with Crippen molar-refractivity contribution in [3.05, 3.63) is 78.0 Å². The molecule has 0 saturated heterocycles. The molecule has 0 radical (unpaired) electrons. The number of carbonyl (C=O) groups excluding carboxylic acids is 1. The second-order valence-electron chi connectivity index (χ2n) is 5.80. The second kappa shape index (κ2) is 9.01. The van der Waals surface area contributed by atoms with Crippen LogP contribution in [-0.4, -0.2) is 29.5 Å². The van der Waals surface area contributed by atoms with Crippen LogP contribution < -0.4 is 15.4 Å². The number of halogens is 1. The number of hydrogen-bond acceptors (Lipinski definition) is 5. The van der Waals surface area contributed by atoms with Gasteiger partial charge in [-0.25, -0.2) is 9.97 Å². The lowest BCUT2D eigenvalue weighted by molar-refractivity contribution is 0.102. The van der Waals surface area contributed by atoms with Crippen LogP contribution in [0.5, 0.6) is 5.75 Å². The summed E-state index contributed by atoms with van der Waals surface area (Å²) in [6, 6.07) is 16.1. The average molecular weight is 395 g/mol. The Kier molecular flexibility index (Phi) is 6.24. The number of nitrogens with zero attached hydrogens (tertiary/aromatic N) is 2. The maximum Gasteiger partial charge on any atom is 0.274 e. The molecule has 1 amide bonds. The molecule has 2 aromatic carbocycles. The Hall–Kier alpha value is -3.38. The number of nitrogens with one attached hydrogen (secondary N) is 2. The number of methoxy groups -OCH3 is 1. The van der Waals surface area contributed by atoms with Crippen molar-refractivity contribution in [2.75, 3.05) is 24.3 Å². The van der Waals surface area contributed by atoms with Crippen LogP contribution in [0.3, 0.4) is 0 Å². The molecule has 3 rings (SSSR count). The average Bonchev–Trinajstić information content (AvgIpc) is 2.73. The van der Waals surface area contributed by atoms with Crippen molar-refractivity contribution >= 4 is 29.0 Å². The number of carbonyl (C=O) groups is 1. The molecule has 0 atom stereocenters. The first-order valence-electron chi connectivity index (χ1n) is 8.55. The molecule has 0 bridgehead atoms. The SMILES string of the molecule is C=CCNc1cc(C(=O)Nc2ccc(OC)c(Cl)c2)nc(-c2ccccc2)n1. The highest BCUT2D eigenvalue weighted by Gasteiger charge is 2.14. The lowest BCUT2D eigenvalue weighted by atomic mass is 10.2. The minimum absolute atomic E-state index is 0.229. The lowest BCUT2D eigenvalue weighted by Gasteiger charge is -2.11. The summed E-state index contributed by atoms with van der Waals surface area (Å²) in [7, 11) is 1.53. The van der Waals surface area contributed by atoms with Crippen molar-refractivity contribution < 1.29 is 9.53 Å². The molecule has 0 unspecified atom stereocenters. The fraction of sp³-hybridized carbons (Fsp3) is 0.0952. The Morgan fingerprint density at radius 2 is 1.96 bits per heavy atom. The molecule has 3 aromatic rings. The zero-order valence-corrected chi connectivity index (χ0v) is 16.0. The summed E-state index contributed by atoms with van der Waals surface area (Å²) in [6.07, 6.45) is 1.71. The van der Waals surface area contributed by atoms with Gasteiger partial charge in [-0.2, -0.15) is 0 Å². The molecular formula is C21H19ClN4O2. The number of aromatic nitrogens is 2. The normalized spacial score (nSPS) is 10.2. The number of benzene rings is 2. The fourth-order valence-corrected chi connectivity index (χ4v) is 2.74. The molecule has 2 N–H and O–H groups in total. The molecule has 0 spiro atoms. The van der Waals surface area contributed by atoms with Crippen molar-refractivity contribution in [3.63, 3.8) is 0 Å². The van der Waals surface area contributed by atoms with E-state index in [1.165, 1.54) is 7.11 Å². The van der Waals surface area contributed by atoms with Gasteiger partial charge in [-0.1, -0.05) is 48.0 Å². The van der Waals surface area contributed by atoms with Gasteiger partial charge in [0.25, 0.3) is 5.91 Å². The molecule has 1 heterocycles. The van der Waals surface area contributed by atoms with Gasteiger partial charge < -0.3 is 15.4 Å². The lowest BCUT2D eigenvalue weighted by Crippen LogP contribution is -2.16. The smallest absolute Gasteiger partial charge is 0.274 e. The summed E-state index contributed by atoms with van der Waals surface area (Å²) in [5.74, 6) is 1.14. The summed E-state index contributed by atoms with van der Waals surface area (Å²) in [4.78, 5) is 21.7. The van der Waals surface area contributed by atoms with E-state index in [2.05, 4.69) is 27.2 Å². The van der Waals surface area contributed by atoms with Crippen molar-refractivity contribution in [1.29, 1.82) is 0 Å². The zero-order valence-electron chi connectivity index (χ0n) is 15.3. The van der Waals surface area contributed by atoms with E-state index in [1.807, 2.05) is 30.3 Å². The monoisotopic (exact) mass is 394 g/mol. The first-order valence-corrected chi connectivity index (χ1v) is 8.92. The van der Waals surface area contributed by atoms with Gasteiger partial charge in [0.05, 0.1) is 12.1 Å². The summed E-state index contributed by atoms with van der Waals surface area (Å²) in [5.41, 5.74) is 1.58. The molecule has 6 nitrogen and oxygen atoms in total. The van der Waals surface area contributed by atoms with Gasteiger partial charge in [0.2, 0.25) is 0 Å². The van der Waals surface area contributed by atoms with Crippen LogP contribution in [0.25, 0.3) is 11.4 Å². The molecule has 1 aromatic heterocycles. The number of rotatable bonds is 7. The van der Waals surface area contributed by atoms with Gasteiger partial charge in [-0.3, -0.25) is 4.79 Å². The Balaban J connectivity index is 1.91. The van der Waals surface area contributed by atoms with Crippen LogP contribution in [0.4, 0.5) is 11.5 Å². The maximum atomic E-state index is 12.8. The van der Waals surface area contributed by atoms with Gasteiger partial charge in [0.1, 0.15) is 17.3 Å². The first kappa shape index (κ1) is 19.4. The van der Waals surface area contributed by atoms with Gasteiger partial charge >= 0.3 is 0 Å². The zero-order chi connectivity index (χ0) is 19.9. The number of ether oxygens (including phenoxy) is 1. The molecule has 0 saturated carbocycles. The number of anilines is 2. The minimum Gasteiger partial charge on any atom is -0.495 e. The highest BCUT2D eigenvalue weighted by atomic mass is 35.5. The van der Waals surface area contributed by atoms with Gasteiger partial charge in [0.15, 0.2) is 5.82 Å². The third-order valence-corrected chi connectivity index (χ3v) is 4.12. The summed E-state index contributed by atoms with van der Waals surface area (Å²) in [5, 5.41) is 6.30. The van der Waals surface area contributed by atoms with Crippen LogP contribution in [0.1, 0.15) is 10.5 Å². The predicted octanol–water partition coefficient (Wildman–Crippen LogP) is 4.66. The third kappa shape index (κ3) is 4.66. The third-order valence-electron chi connectivity index (χ3n) is 3.83. The number of hydrogen-bond donors (Lipinski definition) is 2. The van der Waals surface area contributed by atoms with E-state index in [4.69, 9.17) is 16.3 Å². The van der Waals surface area contributed by atoms with Crippen LogP contribution in [0, 0.1) is 0 Å². The van der Waals surface area contributed by atoms with Crippen molar-refractivity contribution in [1.82, 2.24) is 9.97 Å². The Labute approximate surface area is 168 Å². The Morgan fingerprint density at radius 1 is 1.18 bits per heavy atom. The van der Waals surface area contributed by atoms with Gasteiger partial charge in [-0.05, 0) is 18.2 Å². The van der Waals surface area contributed by atoms with Gasteiger partial charge in [0, 0.05) is 23.9 Å². The standard InChI is InChI=1S/C21H19ClN4O2/c1-3-11-23-19-13-17(25-20(26-19)14-7-5-4-6-8-14)21(27)24-15-9-10-18(28-2)16(22)12-15/h3-10,12-13H,1,11H2,2H3,(H,24,27)(H,23,25,26). The molecule has 0 aliphatic heterocycles. The number of amides is 1. The van der Waals surface area contributed by atoms with E-state index in [0.717, 1.165) is 5.56 Å². The second-order valence-corrected chi connectivity index (χ2v) is 6.21. The van der Waals surface area contributed by atoms with E-state index in [1.54, 1.807) is 30.3 Å². The van der Waals surface area contributed by atoms with E-state index < -0.39 is 0 Å². The topological polar surface area (TPSA) is 76.1 Å². The van der Waals surface area contributed by atoms with Crippen molar-refractivity contribution in [2.45, 2.75) is 0 Å². The summed E-state index contributed by atoms with van der Waals surface area (Å²) in [6.45, 7) is 4.20. The van der Waals surface area contributed by atoms with E-state index in [-0.39, 0.29) is 11.6 Å². The quantitative estimate of drug-likeness (QED) is 0.570. The summed E-state index contributed by atoms with van der Waals surface area (Å²) >= 11 is 6.13. The molecule has 0 aliphatic rings. The summed E-state index contributed by atoms with van der Waals surface area (Å²) < 4.78 is 5.13. The maximum absolute atomic E-state index is 12.8. The van der Waals surface area contributed by atoms with E-state index in [9.17, 15) is 4.79 Å². The predicted molar refractivity (Wildman–Crippen MR) is 112 cm³/mol. The largest absolute Gasteiger partial charge is 0.495 e. The highest BCUT2D eigenvalue weighted by molar-refractivity contribution is 6.32. The van der Waals surface area contributed by atoms with E-state index >= 15 is 0 Å². The van der Waals surface area contributed by atoms with E-state index in [0.29, 0.717) is 34.6 Å². The molecule has 0 aliphatic carbocycles. The Bertz CT molecular complexity index is 993. The molecule has 0 fully saturated rings. The van der Waals surface area contributed by atoms with Crippen molar-refractivity contribution in [3.8, 4) is 17.1 Å². The van der Waals surface area contributed by atoms with Crippen LogP contribution >= 0.6 is 11.6 Å². The van der Waals surface area contributed by atoms with Gasteiger partial charge in [-0.15, -0.1) is 6.58 Å². The van der Waals surface area contributed by atoms with Crippen molar-refractivity contribution in [2.24, 2.45) is 0 Å². The minimum atomic E-state index is -0.373. The molecular weight excluding hydrogens is 376 g/mol. The molecule has 28 heavy (non-hydrogen) atoms. The molecule has 7 heteroatoms. The van der Waals surface area contributed by atoms with Crippen LogP contribution in [-0.2, 0) is 0 Å². The molecule has 142 valence electrons. The highest BCUT2D eigenvalue weighted by Crippen LogP contribution is 2.27. The van der Waals surface area contributed by atoms with Crippen LogP contribution in [0.15, 0.2) is 67.3 Å². The fourth-order valence-electron chi connectivity index (χ4n) is 2.49. The Morgan fingerprint density at radius 3 is 2.64 bits per heavy atom. The first-order chi connectivity index (χ1) is 13.6. The van der Waals surface area contributed by atoms with Crippen LogP contribution in [0.2, 0.25) is 5.02 Å².